The van der Waals surface area contributed by atoms with Gasteiger partial charge in [0.05, 0.1) is 12.7 Å². The van der Waals surface area contributed by atoms with Crippen LogP contribution in [-0.4, -0.2) is 63.6 Å². The molecule has 1 rings (SSSR count). The molecular formula is C15H30IN3O4. The Labute approximate surface area is 155 Å². The maximum absolute atomic E-state index is 11.6. The molecule has 1 unspecified atom stereocenters. The average molecular weight is 443 g/mol. The summed E-state index contributed by atoms with van der Waals surface area (Å²) < 4.78 is 16.1. The molecule has 0 aliphatic carbocycles. The summed E-state index contributed by atoms with van der Waals surface area (Å²) in [5.74, 6) is 0.273. The number of carbonyl (C=O) groups excluding carboxylic acids is 1. The molecule has 0 spiro atoms. The molecule has 2 N–H and O–H groups in total. The minimum Gasteiger partial charge on any atom is -0.459 e. The number of hydrogen-bond acceptors (Lipinski definition) is 5. The van der Waals surface area contributed by atoms with E-state index in [-0.39, 0.29) is 42.6 Å². The summed E-state index contributed by atoms with van der Waals surface area (Å²) in [6.07, 6.45) is 2.08. The van der Waals surface area contributed by atoms with Crippen LogP contribution in [0.3, 0.4) is 0 Å². The number of nitrogens with zero attached hydrogens (tertiary/aromatic N) is 1. The van der Waals surface area contributed by atoms with E-state index in [1.165, 1.54) is 0 Å². The van der Waals surface area contributed by atoms with Gasteiger partial charge in [-0.3, -0.25) is 9.79 Å². The summed E-state index contributed by atoms with van der Waals surface area (Å²) in [6.45, 7) is 8.52. The first-order valence-electron chi connectivity index (χ1n) is 7.76. The number of carbonyl (C=O) groups is 1. The third-order valence-corrected chi connectivity index (χ3v) is 2.90. The summed E-state index contributed by atoms with van der Waals surface area (Å²) in [4.78, 5) is 15.7. The van der Waals surface area contributed by atoms with Gasteiger partial charge in [0.25, 0.3) is 0 Å². The molecule has 0 saturated carbocycles. The Balaban J connectivity index is 0.00000484. The molecular weight excluding hydrogens is 413 g/mol. The van der Waals surface area contributed by atoms with Crippen LogP contribution in [0.1, 0.15) is 33.6 Å². The molecule has 1 aliphatic rings. The van der Waals surface area contributed by atoms with Crippen molar-refractivity contribution in [2.75, 3.05) is 40.0 Å². The molecule has 0 aromatic heterocycles. The molecule has 0 aromatic rings. The lowest BCUT2D eigenvalue weighted by Crippen LogP contribution is -2.42. The monoisotopic (exact) mass is 443 g/mol. The van der Waals surface area contributed by atoms with Crippen molar-refractivity contribution in [2.45, 2.75) is 45.3 Å². The first-order chi connectivity index (χ1) is 10.4. The minimum absolute atomic E-state index is 0. The second-order valence-electron chi connectivity index (χ2n) is 6.15. The topological polar surface area (TPSA) is 81.2 Å². The number of rotatable bonds is 7. The standard InChI is InChI=1S/C15H29N3O4.HI/c1-15(2,3)22-13(19)10-18-14(16-4)17-7-5-8-21-12-6-9-20-11-12;/h12H,5-11H2,1-4H3,(H2,16,17,18);1H. The van der Waals surface area contributed by atoms with Crippen LogP contribution in [-0.2, 0) is 19.0 Å². The highest BCUT2D eigenvalue weighted by molar-refractivity contribution is 14.0. The van der Waals surface area contributed by atoms with Gasteiger partial charge in [-0.2, -0.15) is 0 Å². The molecule has 136 valence electrons. The van der Waals surface area contributed by atoms with Crippen molar-refractivity contribution in [3.8, 4) is 0 Å². The highest BCUT2D eigenvalue weighted by Gasteiger charge is 2.16. The van der Waals surface area contributed by atoms with Crippen LogP contribution in [0.2, 0.25) is 0 Å². The first kappa shape index (κ1) is 22.4. The SMILES string of the molecule is CN=C(NCCCOC1CCOC1)NCC(=O)OC(C)(C)C.I. The van der Waals surface area contributed by atoms with E-state index < -0.39 is 5.60 Å². The zero-order valence-electron chi connectivity index (χ0n) is 14.5. The Morgan fingerprint density at radius 2 is 2.09 bits per heavy atom. The Morgan fingerprint density at radius 1 is 1.35 bits per heavy atom. The summed E-state index contributed by atoms with van der Waals surface area (Å²) in [7, 11) is 1.66. The quantitative estimate of drug-likeness (QED) is 0.203. The molecule has 1 heterocycles. The molecule has 23 heavy (non-hydrogen) atoms. The maximum atomic E-state index is 11.6. The molecule has 7 nitrogen and oxygen atoms in total. The Bertz CT molecular complexity index is 366. The Hall–Kier alpha value is -0.610. The van der Waals surface area contributed by atoms with Gasteiger partial charge in [-0.15, -0.1) is 24.0 Å². The molecule has 0 radical (unpaired) electrons. The van der Waals surface area contributed by atoms with Crippen LogP contribution in [0.5, 0.6) is 0 Å². The summed E-state index contributed by atoms with van der Waals surface area (Å²) in [6, 6.07) is 0. The fourth-order valence-electron chi connectivity index (χ4n) is 1.93. The number of aliphatic imine (C=N–C) groups is 1. The van der Waals surface area contributed by atoms with Crippen LogP contribution >= 0.6 is 24.0 Å². The molecule has 1 aliphatic heterocycles. The Kier molecular flexibility index (Phi) is 11.5. The van der Waals surface area contributed by atoms with E-state index in [4.69, 9.17) is 14.2 Å². The van der Waals surface area contributed by atoms with Gasteiger partial charge in [0.2, 0.25) is 0 Å². The lowest BCUT2D eigenvalue weighted by molar-refractivity contribution is -0.153. The summed E-state index contributed by atoms with van der Waals surface area (Å²) >= 11 is 0. The molecule has 0 amide bonds. The molecule has 1 atom stereocenters. The van der Waals surface area contributed by atoms with E-state index in [9.17, 15) is 4.79 Å². The van der Waals surface area contributed by atoms with E-state index >= 15 is 0 Å². The average Bonchev–Trinajstić information content (AvgIpc) is 2.93. The van der Waals surface area contributed by atoms with Crippen molar-refractivity contribution in [1.29, 1.82) is 0 Å². The van der Waals surface area contributed by atoms with Gasteiger partial charge >= 0.3 is 5.97 Å². The molecule has 0 aromatic carbocycles. The summed E-state index contributed by atoms with van der Waals surface area (Å²) in [5.41, 5.74) is -0.475. The van der Waals surface area contributed by atoms with Gasteiger partial charge in [-0.05, 0) is 33.6 Å². The van der Waals surface area contributed by atoms with Crippen LogP contribution in [0.25, 0.3) is 0 Å². The first-order valence-corrected chi connectivity index (χ1v) is 7.76. The zero-order chi connectivity index (χ0) is 16.4. The predicted molar refractivity (Wildman–Crippen MR) is 100 cm³/mol. The Morgan fingerprint density at radius 3 is 2.65 bits per heavy atom. The second kappa shape index (κ2) is 11.9. The summed E-state index contributed by atoms with van der Waals surface area (Å²) in [5, 5.41) is 6.06. The van der Waals surface area contributed by atoms with E-state index in [2.05, 4.69) is 15.6 Å². The van der Waals surface area contributed by atoms with E-state index in [0.717, 1.165) is 26.0 Å². The van der Waals surface area contributed by atoms with Crippen LogP contribution < -0.4 is 10.6 Å². The molecule has 8 heteroatoms. The number of halogens is 1. The van der Waals surface area contributed by atoms with Crippen LogP contribution in [0.4, 0.5) is 0 Å². The van der Waals surface area contributed by atoms with Gasteiger partial charge in [-0.1, -0.05) is 0 Å². The number of nitrogens with one attached hydrogen (secondary N) is 2. The number of hydrogen-bond donors (Lipinski definition) is 2. The minimum atomic E-state index is -0.475. The van der Waals surface area contributed by atoms with Crippen molar-refractivity contribution in [3.05, 3.63) is 0 Å². The fourth-order valence-corrected chi connectivity index (χ4v) is 1.93. The van der Waals surface area contributed by atoms with Crippen molar-refractivity contribution < 1.29 is 19.0 Å². The number of ether oxygens (including phenoxy) is 3. The van der Waals surface area contributed by atoms with E-state index in [1.54, 1.807) is 7.05 Å². The number of guanidine groups is 1. The van der Waals surface area contributed by atoms with Gasteiger partial charge in [0.15, 0.2) is 5.96 Å². The van der Waals surface area contributed by atoms with Crippen molar-refractivity contribution in [2.24, 2.45) is 4.99 Å². The van der Waals surface area contributed by atoms with E-state index in [1.807, 2.05) is 20.8 Å². The van der Waals surface area contributed by atoms with Gasteiger partial charge < -0.3 is 24.8 Å². The van der Waals surface area contributed by atoms with Gasteiger partial charge in [-0.25, -0.2) is 0 Å². The number of esters is 1. The van der Waals surface area contributed by atoms with Crippen molar-refractivity contribution in [1.82, 2.24) is 10.6 Å². The smallest absolute Gasteiger partial charge is 0.325 e. The van der Waals surface area contributed by atoms with Crippen molar-refractivity contribution >= 4 is 35.9 Å². The highest BCUT2D eigenvalue weighted by Crippen LogP contribution is 2.08. The fraction of sp³-hybridized carbons (Fsp3) is 0.867. The molecule has 0 bridgehead atoms. The predicted octanol–water partition coefficient (Wildman–Crippen LogP) is 1.31. The third-order valence-electron chi connectivity index (χ3n) is 2.90. The second-order valence-corrected chi connectivity index (χ2v) is 6.15. The van der Waals surface area contributed by atoms with Crippen LogP contribution in [0, 0.1) is 0 Å². The molecule has 1 fully saturated rings. The van der Waals surface area contributed by atoms with Gasteiger partial charge in [0, 0.05) is 26.8 Å². The van der Waals surface area contributed by atoms with Crippen LogP contribution in [0.15, 0.2) is 4.99 Å². The zero-order valence-corrected chi connectivity index (χ0v) is 16.8. The lowest BCUT2D eigenvalue weighted by atomic mass is 10.2. The van der Waals surface area contributed by atoms with E-state index in [0.29, 0.717) is 19.2 Å². The van der Waals surface area contributed by atoms with Crippen molar-refractivity contribution in [3.63, 3.8) is 0 Å². The normalized spacial score (nSPS) is 18.3. The third kappa shape index (κ3) is 11.5. The lowest BCUT2D eigenvalue weighted by Gasteiger charge is -2.20. The maximum Gasteiger partial charge on any atom is 0.325 e. The van der Waals surface area contributed by atoms with Gasteiger partial charge in [0.1, 0.15) is 12.1 Å². The molecule has 1 saturated heterocycles. The highest BCUT2D eigenvalue weighted by atomic mass is 127. The largest absolute Gasteiger partial charge is 0.459 e.